The summed E-state index contributed by atoms with van der Waals surface area (Å²) >= 11 is 3.31. The van der Waals surface area contributed by atoms with E-state index in [1.165, 1.54) is 32.0 Å². The molecular weight excluding hydrogens is 258 g/mol. The van der Waals surface area contributed by atoms with Crippen LogP contribution in [0.1, 0.15) is 25.7 Å². The molecule has 0 unspecified atom stereocenters. The van der Waals surface area contributed by atoms with E-state index >= 15 is 0 Å². The van der Waals surface area contributed by atoms with Crippen molar-refractivity contribution in [3.63, 3.8) is 0 Å². The van der Waals surface area contributed by atoms with Crippen molar-refractivity contribution in [2.24, 2.45) is 5.92 Å². The molecule has 1 aromatic rings. The smallest absolute Gasteiger partial charge is 0.233 e. The molecule has 4 nitrogen and oxygen atoms in total. The number of rotatable bonds is 3. The van der Waals surface area contributed by atoms with Crippen molar-refractivity contribution >= 4 is 21.7 Å². The van der Waals surface area contributed by atoms with Crippen LogP contribution in [-0.2, 0) is 0 Å². The fourth-order valence-electron chi connectivity index (χ4n) is 1.84. The zero-order chi connectivity index (χ0) is 10.7. The topological polar surface area (TPSA) is 61.0 Å². The Morgan fingerprint density at radius 3 is 2.87 bits per heavy atom. The van der Waals surface area contributed by atoms with Crippen LogP contribution in [0.15, 0.2) is 10.8 Å². The van der Waals surface area contributed by atoms with Gasteiger partial charge in [0.15, 0.2) is 0 Å². The Kier molecular flexibility index (Phi) is 3.41. The average Bonchev–Trinajstić information content (AvgIpc) is 2.73. The molecule has 0 saturated heterocycles. The third-order valence-corrected chi connectivity index (χ3v) is 3.46. The maximum absolute atomic E-state index is 5.63. The number of halogens is 1. The molecule has 1 heterocycles. The second kappa shape index (κ2) is 4.79. The van der Waals surface area contributed by atoms with Gasteiger partial charge >= 0.3 is 0 Å². The van der Waals surface area contributed by atoms with Crippen LogP contribution in [-0.4, -0.2) is 16.6 Å². The molecule has 2 N–H and O–H groups in total. The molecular formula is C10H14BrN3O. The quantitative estimate of drug-likeness (QED) is 0.917. The fraction of sp³-hybridized carbons (Fsp3) is 0.600. The van der Waals surface area contributed by atoms with Crippen molar-refractivity contribution in [1.82, 2.24) is 9.97 Å². The Hall–Kier alpha value is -0.840. The average molecular weight is 272 g/mol. The van der Waals surface area contributed by atoms with Gasteiger partial charge in [-0.15, -0.1) is 0 Å². The summed E-state index contributed by atoms with van der Waals surface area (Å²) in [5.41, 5.74) is 5.63. The Morgan fingerprint density at radius 1 is 1.40 bits per heavy atom. The van der Waals surface area contributed by atoms with Gasteiger partial charge in [-0.25, -0.2) is 9.97 Å². The minimum atomic E-state index is 0.423. The minimum absolute atomic E-state index is 0.423. The first-order valence-corrected chi connectivity index (χ1v) is 5.95. The van der Waals surface area contributed by atoms with Gasteiger partial charge < -0.3 is 10.5 Å². The number of ether oxygens (including phenoxy) is 1. The molecule has 0 atom stereocenters. The van der Waals surface area contributed by atoms with Crippen LogP contribution in [0.25, 0.3) is 0 Å². The van der Waals surface area contributed by atoms with Crippen LogP contribution in [0.2, 0.25) is 0 Å². The number of nitrogen functional groups attached to an aromatic ring is 1. The van der Waals surface area contributed by atoms with Crippen molar-refractivity contribution in [3.05, 3.63) is 10.8 Å². The summed E-state index contributed by atoms with van der Waals surface area (Å²) in [6, 6.07) is 0. The molecule has 5 heteroatoms. The van der Waals surface area contributed by atoms with E-state index in [0.29, 0.717) is 22.1 Å². The highest BCUT2D eigenvalue weighted by atomic mass is 79.9. The summed E-state index contributed by atoms with van der Waals surface area (Å²) in [5, 5.41) is 0. The first-order valence-electron chi connectivity index (χ1n) is 5.16. The molecule has 0 aromatic carbocycles. The molecule has 0 spiro atoms. The highest BCUT2D eigenvalue weighted by molar-refractivity contribution is 9.10. The van der Waals surface area contributed by atoms with E-state index in [0.717, 1.165) is 6.61 Å². The van der Waals surface area contributed by atoms with Crippen LogP contribution >= 0.6 is 15.9 Å². The number of aromatic nitrogens is 2. The lowest BCUT2D eigenvalue weighted by atomic mass is 10.1. The summed E-state index contributed by atoms with van der Waals surface area (Å²) in [6.07, 6.45) is 6.59. The molecule has 0 bridgehead atoms. The monoisotopic (exact) mass is 271 g/mol. The maximum atomic E-state index is 5.63. The minimum Gasteiger partial charge on any atom is -0.476 e. The zero-order valence-corrected chi connectivity index (χ0v) is 10.0. The van der Waals surface area contributed by atoms with Crippen LogP contribution in [0, 0.1) is 5.92 Å². The Labute approximate surface area is 97.4 Å². The van der Waals surface area contributed by atoms with Crippen molar-refractivity contribution in [2.75, 3.05) is 12.3 Å². The number of hydrogen-bond donors (Lipinski definition) is 1. The van der Waals surface area contributed by atoms with Gasteiger partial charge in [0.2, 0.25) is 5.88 Å². The summed E-state index contributed by atoms with van der Waals surface area (Å²) in [6.45, 7) is 0.731. The number of hydrogen-bond acceptors (Lipinski definition) is 4. The molecule has 1 fully saturated rings. The summed E-state index contributed by atoms with van der Waals surface area (Å²) in [5.74, 6) is 1.65. The van der Waals surface area contributed by atoms with Gasteiger partial charge in [0, 0.05) is 0 Å². The maximum Gasteiger partial charge on any atom is 0.233 e. The van der Waals surface area contributed by atoms with Gasteiger partial charge in [-0.1, -0.05) is 12.8 Å². The summed E-state index contributed by atoms with van der Waals surface area (Å²) < 4.78 is 6.28. The molecule has 1 aliphatic rings. The second-order valence-electron chi connectivity index (χ2n) is 3.84. The third kappa shape index (κ3) is 2.59. The second-order valence-corrected chi connectivity index (χ2v) is 4.63. The van der Waals surface area contributed by atoms with Crippen molar-refractivity contribution in [3.8, 4) is 5.88 Å². The van der Waals surface area contributed by atoms with Gasteiger partial charge in [-0.05, 0) is 34.7 Å². The summed E-state index contributed by atoms with van der Waals surface area (Å²) in [7, 11) is 0. The molecule has 2 rings (SSSR count). The number of anilines is 1. The van der Waals surface area contributed by atoms with E-state index in [1.807, 2.05) is 0 Å². The first-order chi connectivity index (χ1) is 7.27. The Balaban J connectivity index is 1.95. The summed E-state index contributed by atoms with van der Waals surface area (Å²) in [4.78, 5) is 7.90. The first kappa shape index (κ1) is 10.7. The lowest BCUT2D eigenvalue weighted by Gasteiger charge is -2.11. The molecule has 0 radical (unpaired) electrons. The van der Waals surface area contributed by atoms with Gasteiger partial charge in [0.1, 0.15) is 16.6 Å². The van der Waals surface area contributed by atoms with Gasteiger partial charge in [-0.2, -0.15) is 0 Å². The lowest BCUT2D eigenvalue weighted by Crippen LogP contribution is -2.10. The zero-order valence-electron chi connectivity index (χ0n) is 8.45. The standard InChI is InChI=1S/C10H14BrN3O/c11-8-9(12)13-6-14-10(8)15-5-7-3-1-2-4-7/h6-7H,1-5H2,(H2,12,13,14). The molecule has 0 amide bonds. The SMILES string of the molecule is Nc1ncnc(OCC2CCCC2)c1Br. The van der Waals surface area contributed by atoms with E-state index in [9.17, 15) is 0 Å². The predicted octanol–water partition coefficient (Wildman–Crippen LogP) is 2.39. The number of nitrogens with zero attached hydrogens (tertiary/aromatic N) is 2. The van der Waals surface area contributed by atoms with Crippen molar-refractivity contribution in [1.29, 1.82) is 0 Å². The third-order valence-electron chi connectivity index (χ3n) is 2.71. The van der Waals surface area contributed by atoms with Gasteiger partial charge in [0.25, 0.3) is 0 Å². The molecule has 0 aliphatic heterocycles. The van der Waals surface area contributed by atoms with E-state index in [1.54, 1.807) is 0 Å². The highest BCUT2D eigenvalue weighted by Crippen LogP contribution is 2.29. The lowest BCUT2D eigenvalue weighted by molar-refractivity contribution is 0.242. The molecule has 1 saturated carbocycles. The normalized spacial score (nSPS) is 16.9. The Bertz CT molecular complexity index is 339. The van der Waals surface area contributed by atoms with Crippen molar-refractivity contribution in [2.45, 2.75) is 25.7 Å². The van der Waals surface area contributed by atoms with Crippen LogP contribution in [0.4, 0.5) is 5.82 Å². The molecule has 1 aliphatic carbocycles. The van der Waals surface area contributed by atoms with Gasteiger partial charge in [0.05, 0.1) is 6.61 Å². The van der Waals surface area contributed by atoms with Crippen LogP contribution in [0.5, 0.6) is 5.88 Å². The van der Waals surface area contributed by atoms with Crippen LogP contribution < -0.4 is 10.5 Å². The van der Waals surface area contributed by atoms with E-state index < -0.39 is 0 Å². The Morgan fingerprint density at radius 2 is 2.13 bits per heavy atom. The number of nitrogens with two attached hydrogens (primary N) is 1. The van der Waals surface area contributed by atoms with E-state index in [2.05, 4.69) is 25.9 Å². The fourth-order valence-corrected chi connectivity index (χ4v) is 2.16. The molecule has 82 valence electrons. The largest absolute Gasteiger partial charge is 0.476 e. The predicted molar refractivity (Wildman–Crippen MR) is 61.6 cm³/mol. The molecule has 1 aromatic heterocycles. The van der Waals surface area contributed by atoms with Gasteiger partial charge in [-0.3, -0.25) is 0 Å². The molecule has 15 heavy (non-hydrogen) atoms. The van der Waals surface area contributed by atoms with Crippen LogP contribution in [0.3, 0.4) is 0 Å². The van der Waals surface area contributed by atoms with E-state index in [-0.39, 0.29) is 0 Å². The van der Waals surface area contributed by atoms with Crippen molar-refractivity contribution < 1.29 is 4.74 Å². The highest BCUT2D eigenvalue weighted by Gasteiger charge is 2.16. The van der Waals surface area contributed by atoms with E-state index in [4.69, 9.17) is 10.5 Å².